The van der Waals surface area contributed by atoms with Crippen LogP contribution in [0.3, 0.4) is 0 Å². The number of fused-ring (bicyclic) bond motifs is 4. The van der Waals surface area contributed by atoms with Gasteiger partial charge < -0.3 is 14.9 Å². The Morgan fingerprint density at radius 3 is 2.62 bits per heavy atom. The second kappa shape index (κ2) is 6.25. The Morgan fingerprint density at radius 2 is 1.96 bits per heavy atom. The molecule has 0 amide bonds. The van der Waals surface area contributed by atoms with Crippen LogP contribution in [0.25, 0.3) is 0 Å². The molecule has 1 spiro atoms. The van der Waals surface area contributed by atoms with Crippen LogP contribution in [0.5, 0.6) is 5.75 Å². The molecular formula is C20H24F3NO2. The van der Waals surface area contributed by atoms with Gasteiger partial charge in [-0.05, 0) is 60.8 Å². The molecule has 6 heteroatoms. The maximum absolute atomic E-state index is 12.3. The second-order valence-corrected chi connectivity index (χ2v) is 7.96. The maximum atomic E-state index is 12.3. The number of nitrogens with one attached hydrogen (secondary N) is 1. The van der Waals surface area contributed by atoms with Crippen LogP contribution < -0.4 is 4.74 Å². The lowest BCUT2D eigenvalue weighted by Crippen LogP contribution is -2.37. The highest BCUT2D eigenvalue weighted by Crippen LogP contribution is 2.64. The fourth-order valence-corrected chi connectivity index (χ4v) is 5.07. The zero-order chi connectivity index (χ0) is 18.5. The fourth-order valence-electron chi connectivity index (χ4n) is 5.07. The SMILES string of the molecule is COC1CCC2(CC1)Cc1ccc(OCCC(F)(F)F)cc1C1C(=N)C12. The molecule has 2 unspecified atom stereocenters. The lowest BCUT2D eigenvalue weighted by atomic mass is 9.63. The van der Waals surface area contributed by atoms with Crippen molar-refractivity contribution >= 4 is 5.71 Å². The predicted molar refractivity (Wildman–Crippen MR) is 92.0 cm³/mol. The molecule has 142 valence electrons. The van der Waals surface area contributed by atoms with E-state index < -0.39 is 12.6 Å². The van der Waals surface area contributed by atoms with Crippen LogP contribution in [-0.2, 0) is 11.2 Å². The Balaban J connectivity index is 1.50. The van der Waals surface area contributed by atoms with Gasteiger partial charge in [0, 0.05) is 24.7 Å². The highest BCUT2D eigenvalue weighted by molar-refractivity contribution is 6.08. The molecule has 0 heterocycles. The van der Waals surface area contributed by atoms with Gasteiger partial charge in [-0.25, -0.2) is 0 Å². The molecule has 26 heavy (non-hydrogen) atoms. The summed E-state index contributed by atoms with van der Waals surface area (Å²) in [7, 11) is 1.76. The van der Waals surface area contributed by atoms with Crippen LogP contribution in [-0.4, -0.2) is 31.7 Å². The van der Waals surface area contributed by atoms with Crippen molar-refractivity contribution < 1.29 is 22.6 Å². The van der Waals surface area contributed by atoms with Crippen LogP contribution in [0.4, 0.5) is 13.2 Å². The minimum atomic E-state index is -4.20. The first-order chi connectivity index (χ1) is 12.3. The molecule has 3 nitrogen and oxygen atoms in total. The zero-order valence-electron chi connectivity index (χ0n) is 14.9. The highest BCUT2D eigenvalue weighted by atomic mass is 19.4. The third-order valence-electron chi connectivity index (χ3n) is 6.46. The summed E-state index contributed by atoms with van der Waals surface area (Å²) in [5.74, 6) is 0.896. The summed E-state index contributed by atoms with van der Waals surface area (Å²) in [5.41, 5.74) is 3.27. The maximum Gasteiger partial charge on any atom is 0.392 e. The molecule has 2 saturated carbocycles. The van der Waals surface area contributed by atoms with E-state index in [2.05, 4.69) is 0 Å². The summed E-state index contributed by atoms with van der Waals surface area (Å²) in [4.78, 5) is 0. The van der Waals surface area contributed by atoms with Crippen LogP contribution in [0, 0.1) is 16.7 Å². The first kappa shape index (κ1) is 17.8. The summed E-state index contributed by atoms with van der Waals surface area (Å²) in [6, 6.07) is 5.62. The molecule has 0 radical (unpaired) electrons. The lowest BCUT2D eigenvalue weighted by molar-refractivity contribution is -0.139. The van der Waals surface area contributed by atoms with E-state index in [4.69, 9.17) is 14.9 Å². The van der Waals surface area contributed by atoms with Gasteiger partial charge in [0.1, 0.15) is 5.75 Å². The highest BCUT2D eigenvalue weighted by Gasteiger charge is 2.61. The molecule has 1 aromatic rings. The summed E-state index contributed by atoms with van der Waals surface area (Å²) in [6.07, 6.45) is 0.378. The van der Waals surface area contributed by atoms with Gasteiger partial charge in [-0.3, -0.25) is 0 Å². The van der Waals surface area contributed by atoms with Crippen LogP contribution in [0.2, 0.25) is 0 Å². The zero-order valence-corrected chi connectivity index (χ0v) is 14.9. The van der Waals surface area contributed by atoms with Gasteiger partial charge in [-0.2, -0.15) is 13.2 Å². The molecule has 3 aliphatic carbocycles. The Kier molecular flexibility index (Phi) is 4.29. The number of methoxy groups -OCH3 is 1. The standard InChI is InChI=1S/C20H24F3NO2/c1-25-13-4-6-19(7-5-13)11-12-2-3-14(26-9-8-20(21,22)23)10-15(12)16-17(19)18(16)24/h2-3,10,13,16-17,24H,4-9,11H2,1H3. The Bertz CT molecular complexity index is 707. The number of benzene rings is 1. The molecule has 0 aliphatic heterocycles. The first-order valence-corrected chi connectivity index (χ1v) is 9.26. The van der Waals surface area contributed by atoms with Gasteiger partial charge in [-0.15, -0.1) is 0 Å². The lowest BCUT2D eigenvalue weighted by Gasteiger charge is -2.43. The Hall–Kier alpha value is -1.56. The molecule has 2 fully saturated rings. The molecule has 0 bridgehead atoms. The van der Waals surface area contributed by atoms with Crippen molar-refractivity contribution in [2.45, 2.75) is 56.7 Å². The summed E-state index contributed by atoms with van der Waals surface area (Å²) in [6.45, 7) is -0.365. The van der Waals surface area contributed by atoms with Crippen molar-refractivity contribution in [2.75, 3.05) is 13.7 Å². The van der Waals surface area contributed by atoms with E-state index in [1.165, 1.54) is 5.56 Å². The number of rotatable bonds is 4. The molecule has 1 aromatic carbocycles. The Morgan fingerprint density at radius 1 is 1.23 bits per heavy atom. The monoisotopic (exact) mass is 367 g/mol. The normalized spacial score (nSPS) is 32.9. The smallest absolute Gasteiger partial charge is 0.392 e. The van der Waals surface area contributed by atoms with Gasteiger partial charge in [0.25, 0.3) is 0 Å². The molecule has 0 saturated heterocycles. The van der Waals surface area contributed by atoms with Crippen molar-refractivity contribution in [3.8, 4) is 5.75 Å². The summed E-state index contributed by atoms with van der Waals surface area (Å²) in [5, 5.41) is 8.42. The molecule has 0 aromatic heterocycles. The number of hydrogen-bond donors (Lipinski definition) is 1. The molecular weight excluding hydrogens is 343 g/mol. The average Bonchev–Trinajstić information content (AvgIpc) is 3.28. The number of alkyl halides is 3. The third-order valence-corrected chi connectivity index (χ3v) is 6.46. The number of halogens is 3. The van der Waals surface area contributed by atoms with E-state index in [0.29, 0.717) is 17.8 Å². The first-order valence-electron chi connectivity index (χ1n) is 9.26. The van der Waals surface area contributed by atoms with Gasteiger partial charge >= 0.3 is 6.18 Å². The van der Waals surface area contributed by atoms with Crippen molar-refractivity contribution in [3.05, 3.63) is 29.3 Å². The quantitative estimate of drug-likeness (QED) is 0.824. The minimum Gasteiger partial charge on any atom is -0.493 e. The fraction of sp³-hybridized carbons (Fsp3) is 0.650. The van der Waals surface area contributed by atoms with E-state index in [9.17, 15) is 13.2 Å². The van der Waals surface area contributed by atoms with Crippen molar-refractivity contribution in [1.29, 1.82) is 5.41 Å². The largest absolute Gasteiger partial charge is 0.493 e. The third kappa shape index (κ3) is 3.13. The Labute approximate surface area is 151 Å². The van der Waals surface area contributed by atoms with Crippen molar-refractivity contribution in [1.82, 2.24) is 0 Å². The average molecular weight is 367 g/mol. The van der Waals surface area contributed by atoms with Crippen molar-refractivity contribution in [3.63, 3.8) is 0 Å². The molecule has 4 rings (SSSR count). The summed E-state index contributed by atoms with van der Waals surface area (Å²) < 4.78 is 47.7. The van der Waals surface area contributed by atoms with Gasteiger partial charge in [-0.1, -0.05) is 6.07 Å². The van der Waals surface area contributed by atoms with Crippen molar-refractivity contribution in [2.24, 2.45) is 11.3 Å². The summed E-state index contributed by atoms with van der Waals surface area (Å²) >= 11 is 0. The molecule has 1 N–H and O–H groups in total. The topological polar surface area (TPSA) is 42.3 Å². The van der Waals surface area contributed by atoms with Gasteiger partial charge in [0.05, 0.1) is 19.1 Å². The van der Waals surface area contributed by atoms with Gasteiger partial charge in [0.15, 0.2) is 0 Å². The number of hydrogen-bond acceptors (Lipinski definition) is 3. The molecule has 2 atom stereocenters. The van der Waals surface area contributed by atoms with Crippen LogP contribution in [0.15, 0.2) is 18.2 Å². The predicted octanol–water partition coefficient (Wildman–Crippen LogP) is 4.88. The number of ether oxygens (including phenoxy) is 2. The second-order valence-electron chi connectivity index (χ2n) is 7.96. The van der Waals surface area contributed by atoms with E-state index in [-0.39, 0.29) is 17.9 Å². The van der Waals surface area contributed by atoms with Crippen LogP contribution in [0.1, 0.15) is 49.1 Å². The van der Waals surface area contributed by atoms with E-state index >= 15 is 0 Å². The van der Waals surface area contributed by atoms with Gasteiger partial charge in [0.2, 0.25) is 0 Å². The van der Waals surface area contributed by atoms with Crippen LogP contribution >= 0.6 is 0 Å². The van der Waals surface area contributed by atoms with E-state index in [1.807, 2.05) is 12.1 Å². The van der Waals surface area contributed by atoms with E-state index in [1.54, 1.807) is 13.2 Å². The minimum absolute atomic E-state index is 0.129. The van der Waals surface area contributed by atoms with E-state index in [0.717, 1.165) is 43.4 Å². The molecule has 3 aliphatic rings.